The van der Waals surface area contributed by atoms with E-state index in [1.165, 1.54) is 6.92 Å². The normalized spacial score (nSPS) is 34.0. The Balaban J connectivity index is 2.42. The summed E-state index contributed by atoms with van der Waals surface area (Å²) in [4.78, 5) is 24.6. The summed E-state index contributed by atoms with van der Waals surface area (Å²) in [5.41, 5.74) is -1.06. The zero-order valence-electron chi connectivity index (χ0n) is 19.2. The molecule has 1 aliphatic carbocycles. The second kappa shape index (κ2) is 7.40. The molecule has 2 heterocycles. The molecule has 2 aliphatic heterocycles. The maximum atomic E-state index is 12.9. The van der Waals surface area contributed by atoms with Gasteiger partial charge in [-0.2, -0.15) is 0 Å². The summed E-state index contributed by atoms with van der Waals surface area (Å²) in [5.74, 6) is -1.26. The molecule has 2 saturated heterocycles. The van der Waals surface area contributed by atoms with Gasteiger partial charge in [-0.3, -0.25) is 9.59 Å². The van der Waals surface area contributed by atoms with Crippen molar-refractivity contribution < 1.29 is 28.2 Å². The van der Waals surface area contributed by atoms with Crippen LogP contribution in [0.3, 0.4) is 0 Å². The summed E-state index contributed by atoms with van der Waals surface area (Å²) in [7, 11) is -2.09. The van der Waals surface area contributed by atoms with Crippen LogP contribution >= 0.6 is 0 Å². The van der Waals surface area contributed by atoms with Crippen LogP contribution in [0.15, 0.2) is 0 Å². The van der Waals surface area contributed by atoms with Crippen LogP contribution in [0.5, 0.6) is 0 Å². The van der Waals surface area contributed by atoms with Gasteiger partial charge in [-0.05, 0) is 58.7 Å². The molecule has 3 fully saturated rings. The summed E-state index contributed by atoms with van der Waals surface area (Å²) in [6.07, 6.45) is -0.452. The van der Waals surface area contributed by atoms with Crippen LogP contribution in [-0.4, -0.2) is 44.4 Å². The van der Waals surface area contributed by atoms with Gasteiger partial charge in [0.05, 0.1) is 29.1 Å². The van der Waals surface area contributed by atoms with Crippen molar-refractivity contribution in [3.8, 4) is 0 Å². The zero-order valence-corrected chi connectivity index (χ0v) is 20.2. The lowest BCUT2D eigenvalue weighted by atomic mass is 9.68. The van der Waals surface area contributed by atoms with Crippen LogP contribution < -0.4 is 0 Å². The van der Waals surface area contributed by atoms with E-state index in [-0.39, 0.29) is 23.2 Å². The minimum atomic E-state index is -2.09. The molecule has 0 amide bonds. The van der Waals surface area contributed by atoms with Gasteiger partial charge in [0.1, 0.15) is 0 Å². The van der Waals surface area contributed by atoms with E-state index in [2.05, 4.69) is 33.9 Å². The number of fused-ring (bicyclic) bond motifs is 4. The first-order valence-corrected chi connectivity index (χ1v) is 13.1. The summed E-state index contributed by atoms with van der Waals surface area (Å²) in [6, 6.07) is 0. The van der Waals surface area contributed by atoms with Gasteiger partial charge < -0.3 is 18.6 Å². The fraction of sp³-hybridized carbons (Fsp3) is 0.905. The van der Waals surface area contributed by atoms with Crippen molar-refractivity contribution in [3.63, 3.8) is 0 Å². The smallest absolute Gasteiger partial charge is 0.314 e. The third kappa shape index (κ3) is 4.79. The van der Waals surface area contributed by atoms with E-state index in [9.17, 15) is 9.59 Å². The third-order valence-electron chi connectivity index (χ3n) is 6.38. The maximum Gasteiger partial charge on any atom is 0.314 e. The second-order valence-corrected chi connectivity index (χ2v) is 15.8. The molecule has 1 unspecified atom stereocenters. The fourth-order valence-corrected chi connectivity index (χ4v) is 5.14. The number of carbonyl (C=O) groups is 2. The summed E-state index contributed by atoms with van der Waals surface area (Å²) < 4.78 is 24.1. The molecule has 5 atom stereocenters. The molecule has 7 heteroatoms. The largest absolute Gasteiger partial charge is 0.425 e. The van der Waals surface area contributed by atoms with Crippen molar-refractivity contribution in [2.45, 2.75) is 110 Å². The summed E-state index contributed by atoms with van der Waals surface area (Å²) in [5, 5.41) is 0.0277. The van der Waals surface area contributed by atoms with E-state index in [4.69, 9.17) is 18.6 Å². The van der Waals surface area contributed by atoms with Gasteiger partial charge in [0.15, 0.2) is 8.32 Å². The maximum absolute atomic E-state index is 12.9. The van der Waals surface area contributed by atoms with E-state index in [1.54, 1.807) is 0 Å². The molecular formula is C21H38O6Si. The molecule has 1 saturated carbocycles. The van der Waals surface area contributed by atoms with E-state index >= 15 is 0 Å². The van der Waals surface area contributed by atoms with Gasteiger partial charge in [0.25, 0.3) is 6.29 Å². The van der Waals surface area contributed by atoms with Crippen molar-refractivity contribution in [2.75, 3.05) is 0 Å². The third-order valence-corrected chi connectivity index (χ3v) is 10.9. The van der Waals surface area contributed by atoms with Crippen LogP contribution in [-0.2, 0) is 28.2 Å². The highest BCUT2D eigenvalue weighted by Gasteiger charge is 2.60. The lowest BCUT2D eigenvalue weighted by Gasteiger charge is -2.49. The van der Waals surface area contributed by atoms with Crippen LogP contribution in [0.25, 0.3) is 0 Å². The van der Waals surface area contributed by atoms with Gasteiger partial charge in [-0.15, -0.1) is 0 Å². The highest BCUT2D eigenvalue weighted by atomic mass is 28.4. The standard InChI is InChI=1S/C21H38O6Si/c1-13(22)24-18-21(8)12-15(27-28(9,10)20(5,6)7)14(17(23)25-18)11-16(21)26-19(2,3)4/h14-16,18H,11-12H2,1-10H3/t14-,15+,16+,18?,21-/m1/s1. The molecule has 0 N–H and O–H groups in total. The Morgan fingerprint density at radius 2 is 1.75 bits per heavy atom. The van der Waals surface area contributed by atoms with Gasteiger partial charge >= 0.3 is 11.9 Å². The zero-order chi connectivity index (χ0) is 21.7. The predicted octanol–water partition coefficient (Wildman–Crippen LogP) is 4.42. The van der Waals surface area contributed by atoms with E-state index in [0.29, 0.717) is 12.8 Å². The Kier molecular flexibility index (Phi) is 6.17. The molecule has 0 aromatic carbocycles. The number of hydrogen-bond donors (Lipinski definition) is 0. The SMILES string of the molecule is CC(=O)OC1OC(=O)[C@@H]2C[C@H](OC(C)(C)C)[C@@]1(C)C[C@@H]2O[Si](C)(C)C(C)(C)C. The summed E-state index contributed by atoms with van der Waals surface area (Å²) in [6.45, 7) is 20.2. The fourth-order valence-electron chi connectivity index (χ4n) is 3.78. The molecular weight excluding hydrogens is 376 g/mol. The molecule has 3 rings (SSSR count). The predicted molar refractivity (Wildman–Crippen MR) is 109 cm³/mol. The van der Waals surface area contributed by atoms with Gasteiger partial charge in [-0.1, -0.05) is 20.8 Å². The molecule has 6 nitrogen and oxygen atoms in total. The Bertz CT molecular complexity index is 617. The van der Waals surface area contributed by atoms with Crippen LogP contribution in [0.4, 0.5) is 0 Å². The minimum Gasteiger partial charge on any atom is -0.425 e. The Morgan fingerprint density at radius 3 is 2.21 bits per heavy atom. The molecule has 0 aromatic heterocycles. The minimum absolute atomic E-state index is 0.0277. The van der Waals surface area contributed by atoms with Crippen LogP contribution in [0, 0.1) is 11.3 Å². The van der Waals surface area contributed by atoms with Gasteiger partial charge in [0, 0.05) is 6.92 Å². The van der Waals surface area contributed by atoms with E-state index in [1.807, 2.05) is 27.7 Å². The Labute approximate surface area is 170 Å². The first kappa shape index (κ1) is 23.4. The van der Waals surface area contributed by atoms with E-state index in [0.717, 1.165) is 0 Å². The Hall–Kier alpha value is -0.923. The Morgan fingerprint density at radius 1 is 1.18 bits per heavy atom. The molecule has 0 spiro atoms. The van der Waals surface area contributed by atoms with Crippen molar-refractivity contribution in [3.05, 3.63) is 0 Å². The van der Waals surface area contributed by atoms with Crippen molar-refractivity contribution in [1.82, 2.24) is 0 Å². The van der Waals surface area contributed by atoms with E-state index < -0.39 is 37.5 Å². The monoisotopic (exact) mass is 414 g/mol. The number of hydrogen-bond acceptors (Lipinski definition) is 6. The highest BCUT2D eigenvalue weighted by Crippen LogP contribution is 2.52. The van der Waals surface area contributed by atoms with Crippen molar-refractivity contribution >= 4 is 20.3 Å². The topological polar surface area (TPSA) is 71.1 Å². The number of ether oxygens (including phenoxy) is 3. The van der Waals surface area contributed by atoms with Crippen molar-refractivity contribution in [1.29, 1.82) is 0 Å². The average molecular weight is 415 g/mol. The lowest BCUT2D eigenvalue weighted by molar-refractivity contribution is -0.233. The number of esters is 2. The van der Waals surface area contributed by atoms with Gasteiger partial charge in [-0.25, -0.2) is 0 Å². The highest BCUT2D eigenvalue weighted by molar-refractivity contribution is 6.74. The first-order valence-electron chi connectivity index (χ1n) is 10.2. The average Bonchev–Trinajstić information content (AvgIpc) is 2.59. The molecule has 0 radical (unpaired) electrons. The second-order valence-electron chi connectivity index (χ2n) is 11.1. The lowest BCUT2D eigenvalue weighted by Crippen LogP contribution is -2.56. The summed E-state index contributed by atoms with van der Waals surface area (Å²) >= 11 is 0. The number of rotatable bonds is 4. The van der Waals surface area contributed by atoms with Crippen LogP contribution in [0.2, 0.25) is 18.1 Å². The van der Waals surface area contributed by atoms with Crippen molar-refractivity contribution in [2.24, 2.45) is 11.3 Å². The molecule has 28 heavy (non-hydrogen) atoms. The molecule has 0 aromatic rings. The first-order chi connectivity index (χ1) is 12.5. The molecule has 3 aliphatic rings. The van der Waals surface area contributed by atoms with Crippen LogP contribution in [0.1, 0.15) is 68.2 Å². The molecule has 162 valence electrons. The number of carbonyl (C=O) groups excluding carboxylic acids is 2. The quantitative estimate of drug-likeness (QED) is 0.501. The van der Waals surface area contributed by atoms with Gasteiger partial charge in [0.2, 0.25) is 0 Å². The molecule has 2 bridgehead atoms.